The number of thioether (sulfide) groups is 2. The van der Waals surface area contributed by atoms with Gasteiger partial charge in [0.05, 0.1) is 11.1 Å². The highest BCUT2D eigenvalue weighted by atomic mass is 32.2. The summed E-state index contributed by atoms with van der Waals surface area (Å²) in [7, 11) is 0. The first-order valence-corrected chi connectivity index (χ1v) is 9.53. The van der Waals surface area contributed by atoms with Crippen LogP contribution in [0.2, 0.25) is 0 Å². The third-order valence-electron chi connectivity index (χ3n) is 3.07. The lowest BCUT2D eigenvalue weighted by atomic mass is 10.1. The zero-order chi connectivity index (χ0) is 15.5. The molecule has 0 bridgehead atoms. The van der Waals surface area contributed by atoms with E-state index in [0.29, 0.717) is 23.4 Å². The van der Waals surface area contributed by atoms with Gasteiger partial charge in [0.25, 0.3) is 11.8 Å². The zero-order valence-electron chi connectivity index (χ0n) is 11.8. The summed E-state index contributed by atoms with van der Waals surface area (Å²) < 4.78 is 1.82. The minimum absolute atomic E-state index is 0.208. The Labute approximate surface area is 140 Å². The van der Waals surface area contributed by atoms with Gasteiger partial charge in [0, 0.05) is 12.3 Å². The number of hydrogen-bond acceptors (Lipinski definition) is 7. The fourth-order valence-electron chi connectivity index (χ4n) is 2.10. The molecule has 1 aromatic heterocycles. The van der Waals surface area contributed by atoms with Gasteiger partial charge in [0.1, 0.15) is 0 Å². The van der Waals surface area contributed by atoms with Crippen molar-refractivity contribution in [3.63, 3.8) is 0 Å². The molecule has 0 saturated carbocycles. The van der Waals surface area contributed by atoms with Crippen LogP contribution in [0.25, 0.3) is 0 Å². The van der Waals surface area contributed by atoms with Crippen molar-refractivity contribution in [2.75, 3.05) is 18.1 Å². The van der Waals surface area contributed by atoms with Gasteiger partial charge >= 0.3 is 0 Å². The van der Waals surface area contributed by atoms with Crippen molar-refractivity contribution >= 4 is 46.7 Å². The maximum Gasteiger partial charge on any atom is 0.261 e. The molecule has 1 aliphatic heterocycles. The fourth-order valence-corrected chi connectivity index (χ4v) is 5.02. The lowest BCUT2D eigenvalue weighted by Gasteiger charge is -2.12. The minimum atomic E-state index is -0.208. The summed E-state index contributed by atoms with van der Waals surface area (Å²) in [4.78, 5) is 25.7. The molecule has 3 rings (SSSR count). The number of fused-ring (bicyclic) bond motifs is 1. The molecule has 1 aliphatic rings. The average Bonchev–Trinajstić information content (AvgIpc) is 3.07. The second-order valence-corrected chi connectivity index (χ2v) is 8.25. The quantitative estimate of drug-likeness (QED) is 0.589. The Bertz CT molecular complexity index is 682. The Morgan fingerprint density at radius 2 is 1.64 bits per heavy atom. The monoisotopic (exact) mass is 351 g/mol. The van der Waals surface area contributed by atoms with E-state index in [0.717, 1.165) is 14.4 Å². The van der Waals surface area contributed by atoms with E-state index in [4.69, 9.17) is 0 Å². The molecule has 1 aromatic carbocycles. The fraction of sp³-hybridized carbons (Fsp3) is 0.286. The molecule has 0 N–H and O–H groups in total. The van der Waals surface area contributed by atoms with Gasteiger partial charge in [-0.05, 0) is 17.9 Å². The number of rotatable bonds is 6. The molecule has 2 heterocycles. The van der Waals surface area contributed by atoms with Crippen LogP contribution < -0.4 is 0 Å². The van der Waals surface area contributed by atoms with Crippen molar-refractivity contribution in [2.45, 2.75) is 15.6 Å². The van der Waals surface area contributed by atoms with Crippen molar-refractivity contribution in [1.82, 2.24) is 15.1 Å². The standard InChI is InChI=1S/C14H13N3O2S3/c1-2-20-13-15-16-14(22-13)21-8-7-17-11(18)9-5-3-4-6-10(9)12(17)19/h3-6H,2,7-8H2,1H3. The van der Waals surface area contributed by atoms with E-state index in [2.05, 4.69) is 17.1 Å². The van der Waals surface area contributed by atoms with Crippen LogP contribution in [0.3, 0.4) is 0 Å². The van der Waals surface area contributed by atoms with Crippen LogP contribution in [0.4, 0.5) is 0 Å². The Hall–Kier alpha value is -1.38. The molecule has 0 unspecified atom stereocenters. The van der Waals surface area contributed by atoms with Gasteiger partial charge in [-0.15, -0.1) is 10.2 Å². The molecule has 0 radical (unpaired) electrons. The van der Waals surface area contributed by atoms with Crippen LogP contribution in [-0.2, 0) is 0 Å². The van der Waals surface area contributed by atoms with E-state index in [1.54, 1.807) is 47.4 Å². The molecule has 8 heteroatoms. The lowest BCUT2D eigenvalue weighted by molar-refractivity contribution is 0.0664. The normalized spacial score (nSPS) is 13.8. The molecule has 0 atom stereocenters. The first-order chi connectivity index (χ1) is 10.7. The molecule has 5 nitrogen and oxygen atoms in total. The van der Waals surface area contributed by atoms with Crippen LogP contribution in [0.1, 0.15) is 27.6 Å². The van der Waals surface area contributed by atoms with Crippen molar-refractivity contribution in [2.24, 2.45) is 0 Å². The van der Waals surface area contributed by atoms with Crippen LogP contribution in [0, 0.1) is 0 Å². The van der Waals surface area contributed by atoms with Gasteiger partial charge < -0.3 is 0 Å². The predicted octanol–water partition coefficient (Wildman–Crippen LogP) is 3.04. The molecule has 0 spiro atoms. The van der Waals surface area contributed by atoms with Crippen LogP contribution >= 0.6 is 34.9 Å². The molecule has 0 aliphatic carbocycles. The summed E-state index contributed by atoms with van der Waals surface area (Å²) in [6.45, 7) is 2.45. The average molecular weight is 351 g/mol. The molecule has 2 amide bonds. The van der Waals surface area contributed by atoms with Crippen LogP contribution in [0.5, 0.6) is 0 Å². The number of imide groups is 1. The SMILES string of the molecule is CCSc1nnc(SCCN2C(=O)c3ccccc3C2=O)s1. The topological polar surface area (TPSA) is 63.2 Å². The molecule has 0 saturated heterocycles. The first kappa shape index (κ1) is 15.5. The van der Waals surface area contributed by atoms with E-state index in [1.165, 1.54) is 16.7 Å². The maximum atomic E-state index is 12.2. The van der Waals surface area contributed by atoms with Crippen LogP contribution in [0.15, 0.2) is 32.9 Å². The summed E-state index contributed by atoms with van der Waals surface area (Å²) in [6, 6.07) is 6.94. The number of carbonyl (C=O) groups excluding carboxylic acids is 2. The summed E-state index contributed by atoms with van der Waals surface area (Å²) >= 11 is 4.73. The molecular formula is C14H13N3O2S3. The van der Waals surface area contributed by atoms with E-state index in [9.17, 15) is 9.59 Å². The number of nitrogens with zero attached hydrogens (tertiary/aromatic N) is 3. The predicted molar refractivity (Wildman–Crippen MR) is 88.8 cm³/mol. The summed E-state index contributed by atoms with van der Waals surface area (Å²) in [5.74, 6) is 1.17. The van der Waals surface area contributed by atoms with Gasteiger partial charge in [-0.1, -0.05) is 53.9 Å². The van der Waals surface area contributed by atoms with Gasteiger partial charge in [-0.3, -0.25) is 14.5 Å². The van der Waals surface area contributed by atoms with E-state index >= 15 is 0 Å². The number of carbonyl (C=O) groups is 2. The van der Waals surface area contributed by atoms with Gasteiger partial charge in [-0.25, -0.2) is 0 Å². The molecule has 2 aromatic rings. The van der Waals surface area contributed by atoms with E-state index in [1.807, 2.05) is 0 Å². The van der Waals surface area contributed by atoms with E-state index < -0.39 is 0 Å². The minimum Gasteiger partial charge on any atom is -0.273 e. The second-order valence-electron chi connectivity index (χ2n) is 4.42. The number of amides is 2. The third kappa shape index (κ3) is 3.04. The summed E-state index contributed by atoms with van der Waals surface area (Å²) in [6.07, 6.45) is 0. The van der Waals surface area contributed by atoms with Gasteiger partial charge in [0.2, 0.25) is 0 Å². The van der Waals surface area contributed by atoms with Crippen molar-refractivity contribution < 1.29 is 9.59 Å². The Morgan fingerprint density at radius 1 is 1.05 bits per heavy atom. The number of benzene rings is 1. The highest BCUT2D eigenvalue weighted by Crippen LogP contribution is 2.29. The summed E-state index contributed by atoms with van der Waals surface area (Å²) in [5, 5.41) is 8.18. The summed E-state index contributed by atoms with van der Waals surface area (Å²) in [5.41, 5.74) is 0.991. The number of hydrogen-bond donors (Lipinski definition) is 0. The highest BCUT2D eigenvalue weighted by molar-refractivity contribution is 8.03. The van der Waals surface area contributed by atoms with Crippen molar-refractivity contribution in [3.8, 4) is 0 Å². The Kier molecular flexibility index (Phi) is 4.80. The first-order valence-electron chi connectivity index (χ1n) is 6.75. The van der Waals surface area contributed by atoms with Gasteiger partial charge in [-0.2, -0.15) is 0 Å². The second kappa shape index (κ2) is 6.80. The Balaban J connectivity index is 1.58. The van der Waals surface area contributed by atoms with Crippen molar-refractivity contribution in [1.29, 1.82) is 0 Å². The molecule has 22 heavy (non-hydrogen) atoms. The molecular weight excluding hydrogens is 338 g/mol. The van der Waals surface area contributed by atoms with Gasteiger partial charge in [0.15, 0.2) is 8.68 Å². The number of aromatic nitrogens is 2. The molecule has 0 fully saturated rings. The molecule has 114 valence electrons. The Morgan fingerprint density at radius 3 is 2.23 bits per heavy atom. The largest absolute Gasteiger partial charge is 0.273 e. The van der Waals surface area contributed by atoms with Crippen molar-refractivity contribution in [3.05, 3.63) is 35.4 Å². The maximum absolute atomic E-state index is 12.2. The lowest BCUT2D eigenvalue weighted by Crippen LogP contribution is -2.31. The smallest absolute Gasteiger partial charge is 0.261 e. The van der Waals surface area contributed by atoms with E-state index in [-0.39, 0.29) is 11.8 Å². The van der Waals surface area contributed by atoms with Crippen LogP contribution in [-0.4, -0.2) is 45.0 Å². The highest BCUT2D eigenvalue weighted by Gasteiger charge is 2.34. The third-order valence-corrected chi connectivity index (χ3v) is 6.13. The zero-order valence-corrected chi connectivity index (χ0v) is 14.3.